The molecule has 0 aromatic heterocycles. The van der Waals surface area contributed by atoms with Gasteiger partial charge in [-0.05, 0) is 12.2 Å². The number of aliphatic hydroxyl groups excluding tert-OH is 2. The Kier molecular flexibility index (Phi) is 12.6. The largest absolute Gasteiger partial charge is 0.394 e. The van der Waals surface area contributed by atoms with E-state index in [0.717, 1.165) is 5.75 Å². The van der Waals surface area contributed by atoms with Crippen LogP contribution in [0.15, 0.2) is 0 Å². The minimum Gasteiger partial charge on any atom is -0.394 e. The van der Waals surface area contributed by atoms with Crippen molar-refractivity contribution in [2.75, 3.05) is 18.1 Å². The molecule has 0 rings (SSSR count). The van der Waals surface area contributed by atoms with Crippen LogP contribution in [0.4, 0.5) is 0 Å². The van der Waals surface area contributed by atoms with Gasteiger partial charge in [0.05, 0.1) is 12.7 Å². The third-order valence-corrected chi connectivity index (χ3v) is 3.61. The van der Waals surface area contributed by atoms with Crippen LogP contribution >= 0.6 is 11.8 Å². The summed E-state index contributed by atoms with van der Waals surface area (Å²) in [6.07, 6.45) is 8.82. The standard InChI is InChI=1S/C12H26O2S/c1-2-3-4-5-6-7-8-9-15-11-12(14)10-13/h12-14H,2-11H2,1H3. The van der Waals surface area contributed by atoms with Crippen molar-refractivity contribution in [3.05, 3.63) is 0 Å². The van der Waals surface area contributed by atoms with Gasteiger partial charge in [0, 0.05) is 5.75 Å². The van der Waals surface area contributed by atoms with Crippen LogP contribution in [0.5, 0.6) is 0 Å². The van der Waals surface area contributed by atoms with Crippen LogP contribution in [-0.2, 0) is 0 Å². The van der Waals surface area contributed by atoms with Crippen LogP contribution in [0.2, 0.25) is 0 Å². The number of hydrogen-bond donors (Lipinski definition) is 2. The van der Waals surface area contributed by atoms with Gasteiger partial charge in [0.2, 0.25) is 0 Å². The smallest absolute Gasteiger partial charge is 0.0861 e. The number of hydrogen-bond acceptors (Lipinski definition) is 3. The van der Waals surface area contributed by atoms with Crippen molar-refractivity contribution in [1.82, 2.24) is 0 Å². The van der Waals surface area contributed by atoms with E-state index >= 15 is 0 Å². The topological polar surface area (TPSA) is 40.5 Å². The van der Waals surface area contributed by atoms with Gasteiger partial charge >= 0.3 is 0 Å². The molecule has 0 fully saturated rings. The van der Waals surface area contributed by atoms with Gasteiger partial charge in [0.15, 0.2) is 0 Å². The van der Waals surface area contributed by atoms with E-state index in [1.165, 1.54) is 44.9 Å². The molecule has 2 nitrogen and oxygen atoms in total. The molecular weight excluding hydrogens is 208 g/mol. The minimum atomic E-state index is -0.528. The Hall–Kier alpha value is 0.270. The zero-order chi connectivity index (χ0) is 11.4. The van der Waals surface area contributed by atoms with Crippen LogP contribution in [0, 0.1) is 0 Å². The lowest BCUT2D eigenvalue weighted by Crippen LogP contribution is -2.14. The van der Waals surface area contributed by atoms with Crippen molar-refractivity contribution in [2.24, 2.45) is 0 Å². The third kappa shape index (κ3) is 12.2. The molecule has 3 heteroatoms. The first kappa shape index (κ1) is 15.3. The average molecular weight is 234 g/mol. The lowest BCUT2D eigenvalue weighted by atomic mass is 10.1. The Morgan fingerprint density at radius 3 is 2.20 bits per heavy atom. The zero-order valence-electron chi connectivity index (χ0n) is 9.95. The Bertz CT molecular complexity index is 120. The molecule has 0 heterocycles. The summed E-state index contributed by atoms with van der Waals surface area (Å²) in [5.74, 6) is 1.79. The fourth-order valence-corrected chi connectivity index (χ4v) is 2.39. The highest BCUT2D eigenvalue weighted by atomic mass is 32.2. The Labute approximate surface area is 98.5 Å². The zero-order valence-corrected chi connectivity index (χ0v) is 10.8. The molecule has 0 saturated heterocycles. The maximum absolute atomic E-state index is 9.09. The highest BCUT2D eigenvalue weighted by Gasteiger charge is 2.00. The molecule has 0 amide bonds. The molecule has 0 saturated carbocycles. The van der Waals surface area contributed by atoms with E-state index in [9.17, 15) is 0 Å². The summed E-state index contributed by atoms with van der Waals surface area (Å²) < 4.78 is 0. The van der Waals surface area contributed by atoms with Gasteiger partial charge in [0.25, 0.3) is 0 Å². The van der Waals surface area contributed by atoms with Crippen LogP contribution in [0.3, 0.4) is 0 Å². The summed E-state index contributed by atoms with van der Waals surface area (Å²) >= 11 is 1.74. The van der Waals surface area contributed by atoms with Crippen LogP contribution < -0.4 is 0 Å². The molecular formula is C12H26O2S. The van der Waals surface area contributed by atoms with Gasteiger partial charge < -0.3 is 10.2 Å². The number of unbranched alkanes of at least 4 members (excludes halogenated alkanes) is 6. The van der Waals surface area contributed by atoms with Gasteiger partial charge in [-0.15, -0.1) is 0 Å². The predicted octanol–water partition coefficient (Wildman–Crippen LogP) is 2.82. The lowest BCUT2D eigenvalue weighted by Gasteiger charge is -2.06. The van der Waals surface area contributed by atoms with Crippen molar-refractivity contribution < 1.29 is 10.2 Å². The van der Waals surface area contributed by atoms with Crippen molar-refractivity contribution >= 4 is 11.8 Å². The van der Waals surface area contributed by atoms with Gasteiger partial charge in [-0.25, -0.2) is 0 Å². The summed E-state index contributed by atoms with van der Waals surface area (Å²) in [6.45, 7) is 2.13. The van der Waals surface area contributed by atoms with E-state index in [1.54, 1.807) is 11.8 Å². The maximum atomic E-state index is 9.09. The highest BCUT2D eigenvalue weighted by Crippen LogP contribution is 2.11. The summed E-state index contributed by atoms with van der Waals surface area (Å²) in [5, 5.41) is 17.7. The molecule has 15 heavy (non-hydrogen) atoms. The van der Waals surface area contributed by atoms with Gasteiger partial charge in [-0.1, -0.05) is 45.4 Å². The lowest BCUT2D eigenvalue weighted by molar-refractivity contribution is 0.113. The second-order valence-corrected chi connectivity index (χ2v) is 5.18. The van der Waals surface area contributed by atoms with E-state index in [4.69, 9.17) is 10.2 Å². The summed E-state index contributed by atoms with van der Waals surface area (Å²) in [7, 11) is 0. The SMILES string of the molecule is CCCCCCCCCSCC(O)CO. The van der Waals surface area contributed by atoms with Crippen molar-refractivity contribution in [2.45, 2.75) is 58.0 Å². The molecule has 0 bridgehead atoms. The van der Waals surface area contributed by atoms with E-state index in [0.29, 0.717) is 5.75 Å². The summed E-state index contributed by atoms with van der Waals surface area (Å²) in [6, 6.07) is 0. The van der Waals surface area contributed by atoms with E-state index in [1.807, 2.05) is 0 Å². The number of thioether (sulfide) groups is 1. The second-order valence-electron chi connectivity index (χ2n) is 4.03. The van der Waals surface area contributed by atoms with E-state index in [2.05, 4.69) is 6.92 Å². The Morgan fingerprint density at radius 1 is 1.00 bits per heavy atom. The van der Waals surface area contributed by atoms with Crippen molar-refractivity contribution in [3.63, 3.8) is 0 Å². The summed E-state index contributed by atoms with van der Waals surface area (Å²) in [5.41, 5.74) is 0. The molecule has 92 valence electrons. The van der Waals surface area contributed by atoms with E-state index < -0.39 is 6.10 Å². The number of aliphatic hydroxyl groups is 2. The first-order valence-corrected chi connectivity index (χ1v) is 7.33. The van der Waals surface area contributed by atoms with Crippen LogP contribution in [-0.4, -0.2) is 34.4 Å². The fraction of sp³-hybridized carbons (Fsp3) is 1.00. The van der Waals surface area contributed by atoms with Crippen LogP contribution in [0.1, 0.15) is 51.9 Å². The molecule has 0 aliphatic rings. The Balaban J connectivity index is 2.92. The quantitative estimate of drug-likeness (QED) is 0.540. The van der Waals surface area contributed by atoms with Gasteiger partial charge in [-0.2, -0.15) is 11.8 Å². The molecule has 0 spiro atoms. The average Bonchev–Trinajstić information content (AvgIpc) is 2.26. The normalized spacial score (nSPS) is 13.0. The summed E-state index contributed by atoms with van der Waals surface area (Å²) in [4.78, 5) is 0. The molecule has 0 aliphatic carbocycles. The second kappa shape index (κ2) is 12.3. The van der Waals surface area contributed by atoms with Gasteiger partial charge in [-0.3, -0.25) is 0 Å². The van der Waals surface area contributed by atoms with E-state index in [-0.39, 0.29) is 6.61 Å². The predicted molar refractivity (Wildman–Crippen MR) is 68.4 cm³/mol. The molecule has 2 N–H and O–H groups in total. The minimum absolute atomic E-state index is 0.107. The monoisotopic (exact) mass is 234 g/mol. The molecule has 0 aliphatic heterocycles. The van der Waals surface area contributed by atoms with Crippen LogP contribution in [0.25, 0.3) is 0 Å². The third-order valence-electron chi connectivity index (χ3n) is 2.41. The van der Waals surface area contributed by atoms with Crippen molar-refractivity contribution in [3.8, 4) is 0 Å². The highest BCUT2D eigenvalue weighted by molar-refractivity contribution is 7.99. The maximum Gasteiger partial charge on any atom is 0.0861 e. The van der Waals surface area contributed by atoms with Gasteiger partial charge in [0.1, 0.15) is 0 Å². The van der Waals surface area contributed by atoms with Crippen molar-refractivity contribution in [1.29, 1.82) is 0 Å². The fourth-order valence-electron chi connectivity index (χ4n) is 1.43. The molecule has 0 radical (unpaired) electrons. The first-order valence-electron chi connectivity index (χ1n) is 6.18. The molecule has 0 aromatic carbocycles. The molecule has 1 atom stereocenters. The number of rotatable bonds is 11. The Morgan fingerprint density at radius 2 is 1.60 bits per heavy atom. The molecule has 1 unspecified atom stereocenters. The first-order chi connectivity index (χ1) is 7.31. The molecule has 0 aromatic rings.